The Bertz CT molecular complexity index is 889. The summed E-state index contributed by atoms with van der Waals surface area (Å²) in [4.78, 5) is 26.1. The summed E-state index contributed by atoms with van der Waals surface area (Å²) in [6.07, 6.45) is 1.41. The second-order valence-corrected chi connectivity index (χ2v) is 5.70. The number of nitrogens with zero attached hydrogens (tertiary/aromatic N) is 3. The number of nitrogens with one attached hydrogen (secondary N) is 1. The van der Waals surface area contributed by atoms with Crippen LogP contribution in [0.2, 0.25) is 0 Å². The van der Waals surface area contributed by atoms with Crippen LogP contribution in [-0.2, 0) is 6.18 Å². The summed E-state index contributed by atoms with van der Waals surface area (Å²) in [5.74, 6) is 0. The normalized spacial score (nSPS) is 11.5. The molecule has 3 aromatic rings. The molecule has 0 saturated heterocycles. The van der Waals surface area contributed by atoms with Crippen molar-refractivity contribution in [1.82, 2.24) is 19.9 Å². The number of hydrogen-bond acceptors (Lipinski definition) is 5. The van der Waals surface area contributed by atoms with E-state index < -0.39 is 17.4 Å². The smallest absolute Gasteiger partial charge is 0.312 e. The molecule has 3 rings (SSSR count). The predicted octanol–water partition coefficient (Wildman–Crippen LogP) is 3.40. The molecule has 1 N–H and O–H groups in total. The molecule has 5 nitrogen and oxygen atoms in total. The molecule has 2 heterocycles. The summed E-state index contributed by atoms with van der Waals surface area (Å²) in [5, 5.41) is 0.492. The van der Waals surface area contributed by atoms with E-state index in [-0.39, 0.29) is 0 Å². The van der Waals surface area contributed by atoms with Gasteiger partial charge in [-0.2, -0.15) is 13.2 Å². The number of H-pyrrole nitrogens is 1. The van der Waals surface area contributed by atoms with Gasteiger partial charge in [0, 0.05) is 35.2 Å². The fraction of sp³-hybridized carbons (Fsp3) is 0.0667. The highest BCUT2D eigenvalue weighted by Gasteiger charge is 2.30. The monoisotopic (exact) mass is 350 g/mol. The zero-order valence-corrected chi connectivity index (χ0v) is 12.7. The van der Waals surface area contributed by atoms with E-state index in [4.69, 9.17) is 0 Å². The van der Waals surface area contributed by atoms with Crippen molar-refractivity contribution in [3.63, 3.8) is 0 Å². The van der Waals surface area contributed by atoms with E-state index in [1.165, 1.54) is 48.7 Å². The zero-order chi connectivity index (χ0) is 17.2. The molecular weight excluding hydrogens is 341 g/mol. The first-order valence-electron chi connectivity index (χ1n) is 6.65. The lowest BCUT2D eigenvalue weighted by Crippen LogP contribution is -2.08. The van der Waals surface area contributed by atoms with E-state index in [1.807, 2.05) is 0 Å². The van der Waals surface area contributed by atoms with Gasteiger partial charge >= 0.3 is 11.9 Å². The summed E-state index contributed by atoms with van der Waals surface area (Å²) < 4.78 is 37.8. The quantitative estimate of drug-likeness (QED) is 0.784. The molecule has 0 amide bonds. The Labute approximate surface area is 138 Å². The van der Waals surface area contributed by atoms with Crippen LogP contribution in [0.3, 0.4) is 0 Å². The second-order valence-electron chi connectivity index (χ2n) is 4.64. The fourth-order valence-corrected chi connectivity index (χ4v) is 2.77. The van der Waals surface area contributed by atoms with Gasteiger partial charge in [-0.25, -0.2) is 14.8 Å². The van der Waals surface area contributed by atoms with Crippen molar-refractivity contribution < 1.29 is 13.2 Å². The second kappa shape index (κ2) is 6.44. The molecule has 24 heavy (non-hydrogen) atoms. The van der Waals surface area contributed by atoms with Crippen molar-refractivity contribution in [2.75, 3.05) is 0 Å². The van der Waals surface area contributed by atoms with E-state index in [9.17, 15) is 18.0 Å². The first kappa shape index (κ1) is 16.2. The maximum atomic E-state index is 12.6. The molecule has 0 bridgehead atoms. The summed E-state index contributed by atoms with van der Waals surface area (Å²) in [7, 11) is 0. The molecule has 0 atom stereocenters. The SMILES string of the molecule is O=c1ncc(-c2nccnc2Sc2ccc(C(F)(F)F)cc2)c[nH]1. The molecule has 0 spiro atoms. The summed E-state index contributed by atoms with van der Waals surface area (Å²) in [5.41, 5.74) is -0.168. The Morgan fingerprint density at radius 2 is 1.71 bits per heavy atom. The van der Waals surface area contributed by atoms with Gasteiger partial charge < -0.3 is 4.98 Å². The average molecular weight is 350 g/mol. The van der Waals surface area contributed by atoms with Crippen molar-refractivity contribution in [2.45, 2.75) is 16.1 Å². The third kappa shape index (κ3) is 3.62. The minimum atomic E-state index is -4.37. The molecule has 0 aliphatic rings. The first-order valence-corrected chi connectivity index (χ1v) is 7.46. The Morgan fingerprint density at radius 3 is 2.33 bits per heavy atom. The number of rotatable bonds is 3. The predicted molar refractivity (Wildman–Crippen MR) is 81.5 cm³/mol. The van der Waals surface area contributed by atoms with Gasteiger partial charge in [0.05, 0.1) is 5.56 Å². The van der Waals surface area contributed by atoms with Crippen LogP contribution in [-0.4, -0.2) is 19.9 Å². The molecule has 2 aromatic heterocycles. The van der Waals surface area contributed by atoms with E-state index in [0.717, 1.165) is 12.1 Å². The topological polar surface area (TPSA) is 71.5 Å². The van der Waals surface area contributed by atoms with E-state index >= 15 is 0 Å². The number of halogens is 3. The van der Waals surface area contributed by atoms with Crippen LogP contribution < -0.4 is 5.69 Å². The first-order chi connectivity index (χ1) is 11.4. The molecular formula is C15H9F3N4OS. The van der Waals surface area contributed by atoms with Crippen molar-refractivity contribution in [3.8, 4) is 11.3 Å². The van der Waals surface area contributed by atoms with Crippen LogP contribution in [0.15, 0.2) is 63.8 Å². The van der Waals surface area contributed by atoms with Crippen molar-refractivity contribution in [1.29, 1.82) is 0 Å². The largest absolute Gasteiger partial charge is 0.416 e. The number of hydrogen-bond donors (Lipinski definition) is 1. The summed E-state index contributed by atoms with van der Waals surface area (Å²) >= 11 is 1.17. The zero-order valence-electron chi connectivity index (χ0n) is 11.9. The number of benzene rings is 1. The van der Waals surface area contributed by atoms with E-state index in [1.54, 1.807) is 0 Å². The standard InChI is InChI=1S/C15H9F3N4OS/c16-15(17,18)10-1-3-11(4-2-10)24-13-12(19-5-6-20-13)9-7-21-14(23)22-8-9/h1-8H,(H,21,22,23). The lowest BCUT2D eigenvalue weighted by molar-refractivity contribution is -0.137. The van der Waals surface area contributed by atoms with Gasteiger partial charge in [0.2, 0.25) is 0 Å². The maximum absolute atomic E-state index is 12.6. The van der Waals surface area contributed by atoms with Crippen molar-refractivity contribution in [3.05, 3.63) is 65.1 Å². The van der Waals surface area contributed by atoms with Crippen LogP contribution in [0, 0.1) is 0 Å². The van der Waals surface area contributed by atoms with Gasteiger partial charge in [0.25, 0.3) is 0 Å². The van der Waals surface area contributed by atoms with Gasteiger partial charge in [-0.3, -0.25) is 4.98 Å². The highest BCUT2D eigenvalue weighted by atomic mass is 32.2. The van der Waals surface area contributed by atoms with Crippen LogP contribution in [0.1, 0.15) is 5.56 Å². The highest BCUT2D eigenvalue weighted by Crippen LogP contribution is 2.35. The molecule has 0 aliphatic carbocycles. The Morgan fingerprint density at radius 1 is 1.00 bits per heavy atom. The molecule has 0 radical (unpaired) electrons. The summed E-state index contributed by atoms with van der Waals surface area (Å²) in [6, 6.07) is 4.77. The van der Waals surface area contributed by atoms with Crippen LogP contribution in [0.5, 0.6) is 0 Å². The molecule has 122 valence electrons. The third-order valence-corrected chi connectivity index (χ3v) is 4.01. The summed E-state index contributed by atoms with van der Waals surface area (Å²) in [6.45, 7) is 0. The minimum Gasteiger partial charge on any atom is -0.312 e. The number of alkyl halides is 3. The van der Waals surface area contributed by atoms with Gasteiger partial charge in [-0.05, 0) is 24.3 Å². The minimum absolute atomic E-state index is 0.478. The van der Waals surface area contributed by atoms with Gasteiger partial charge in [-0.1, -0.05) is 11.8 Å². The number of aromatic amines is 1. The third-order valence-electron chi connectivity index (χ3n) is 3.01. The van der Waals surface area contributed by atoms with Gasteiger partial charge in [0.1, 0.15) is 10.7 Å². The lowest BCUT2D eigenvalue weighted by Gasteiger charge is -2.09. The fourth-order valence-electron chi connectivity index (χ4n) is 1.89. The highest BCUT2D eigenvalue weighted by molar-refractivity contribution is 7.99. The maximum Gasteiger partial charge on any atom is 0.416 e. The molecule has 9 heteroatoms. The lowest BCUT2D eigenvalue weighted by atomic mass is 10.2. The number of aromatic nitrogens is 4. The molecule has 0 aliphatic heterocycles. The Hall–Kier alpha value is -2.68. The Kier molecular flexibility index (Phi) is 4.34. The Balaban J connectivity index is 1.91. The van der Waals surface area contributed by atoms with E-state index in [0.29, 0.717) is 21.2 Å². The van der Waals surface area contributed by atoms with Crippen molar-refractivity contribution >= 4 is 11.8 Å². The van der Waals surface area contributed by atoms with Gasteiger partial charge in [-0.15, -0.1) is 0 Å². The van der Waals surface area contributed by atoms with Gasteiger partial charge in [0.15, 0.2) is 0 Å². The molecule has 0 fully saturated rings. The van der Waals surface area contributed by atoms with E-state index in [2.05, 4.69) is 19.9 Å². The van der Waals surface area contributed by atoms with Crippen molar-refractivity contribution in [2.24, 2.45) is 0 Å². The van der Waals surface area contributed by atoms with Crippen LogP contribution >= 0.6 is 11.8 Å². The van der Waals surface area contributed by atoms with Crippen LogP contribution in [0.25, 0.3) is 11.3 Å². The molecule has 1 aromatic carbocycles. The average Bonchev–Trinajstić information content (AvgIpc) is 2.56. The molecule has 0 saturated carbocycles. The van der Waals surface area contributed by atoms with Crippen LogP contribution in [0.4, 0.5) is 13.2 Å². The molecule has 0 unspecified atom stereocenters.